The number of hydrogen-bond acceptors (Lipinski definition) is 4. The molecule has 2 fully saturated rings. The average molecular weight is 241 g/mol. The maximum absolute atomic E-state index is 5.58. The lowest BCUT2D eigenvalue weighted by Crippen LogP contribution is -2.55. The first-order valence-electron chi connectivity index (χ1n) is 6.89. The summed E-state index contributed by atoms with van der Waals surface area (Å²) in [6.07, 6.45) is 2.75. The molecule has 17 heavy (non-hydrogen) atoms. The zero-order valence-electron chi connectivity index (χ0n) is 11.5. The van der Waals surface area contributed by atoms with Gasteiger partial charge in [0, 0.05) is 44.9 Å². The number of piperazine rings is 1. The van der Waals surface area contributed by atoms with Crippen molar-refractivity contribution in [2.45, 2.75) is 38.0 Å². The van der Waals surface area contributed by atoms with E-state index < -0.39 is 0 Å². The molecule has 0 aromatic carbocycles. The summed E-state index contributed by atoms with van der Waals surface area (Å²) in [7, 11) is 4.46. The Morgan fingerprint density at radius 3 is 2.88 bits per heavy atom. The van der Waals surface area contributed by atoms with E-state index in [1.165, 1.54) is 19.6 Å². The molecule has 0 spiro atoms. The van der Waals surface area contributed by atoms with E-state index in [0.29, 0.717) is 18.2 Å². The number of likely N-dealkylation sites (N-methyl/N-ethyl adjacent to an activating group) is 2. The van der Waals surface area contributed by atoms with Gasteiger partial charge in [-0.15, -0.1) is 0 Å². The fourth-order valence-corrected chi connectivity index (χ4v) is 2.81. The summed E-state index contributed by atoms with van der Waals surface area (Å²) in [5, 5.41) is 3.72. The molecule has 2 aliphatic rings. The van der Waals surface area contributed by atoms with Crippen molar-refractivity contribution >= 4 is 0 Å². The van der Waals surface area contributed by atoms with Gasteiger partial charge in [-0.05, 0) is 33.9 Å². The van der Waals surface area contributed by atoms with Gasteiger partial charge < -0.3 is 15.0 Å². The normalized spacial score (nSPS) is 37.2. The quantitative estimate of drug-likeness (QED) is 0.773. The summed E-state index contributed by atoms with van der Waals surface area (Å²) in [5.41, 5.74) is 0. The molecule has 100 valence electrons. The lowest BCUT2D eigenvalue weighted by Gasteiger charge is -2.39. The molecule has 2 rings (SSSR count). The van der Waals surface area contributed by atoms with Crippen molar-refractivity contribution in [1.29, 1.82) is 0 Å². The molecule has 3 unspecified atom stereocenters. The van der Waals surface area contributed by atoms with Crippen molar-refractivity contribution in [1.82, 2.24) is 15.1 Å². The summed E-state index contributed by atoms with van der Waals surface area (Å²) < 4.78 is 5.58. The van der Waals surface area contributed by atoms with E-state index >= 15 is 0 Å². The van der Waals surface area contributed by atoms with E-state index in [9.17, 15) is 0 Å². The van der Waals surface area contributed by atoms with Crippen molar-refractivity contribution in [2.24, 2.45) is 0 Å². The molecule has 0 aliphatic carbocycles. The van der Waals surface area contributed by atoms with Crippen LogP contribution in [0.15, 0.2) is 0 Å². The van der Waals surface area contributed by atoms with Gasteiger partial charge in [-0.25, -0.2) is 0 Å². The van der Waals surface area contributed by atoms with E-state index in [4.69, 9.17) is 4.74 Å². The van der Waals surface area contributed by atoms with Gasteiger partial charge in [0.25, 0.3) is 0 Å². The Morgan fingerprint density at radius 1 is 1.29 bits per heavy atom. The molecule has 0 bridgehead atoms. The maximum atomic E-state index is 5.58. The highest BCUT2D eigenvalue weighted by atomic mass is 16.5. The highest BCUT2D eigenvalue weighted by Crippen LogP contribution is 2.13. The summed E-state index contributed by atoms with van der Waals surface area (Å²) >= 11 is 0. The lowest BCUT2D eigenvalue weighted by molar-refractivity contribution is 0.0109. The second-order valence-corrected chi connectivity index (χ2v) is 5.71. The largest absolute Gasteiger partial charge is 0.378 e. The standard InChI is InChI=1S/C13H27N3O/c1-11-8-12(4-7-17-11)14-9-13-10-15(2)5-6-16(13)3/h11-14H,4-10H2,1-3H3. The van der Waals surface area contributed by atoms with Crippen LogP contribution in [0.25, 0.3) is 0 Å². The minimum absolute atomic E-state index is 0.424. The van der Waals surface area contributed by atoms with Gasteiger partial charge in [-0.2, -0.15) is 0 Å². The van der Waals surface area contributed by atoms with Crippen LogP contribution in [-0.2, 0) is 4.74 Å². The summed E-state index contributed by atoms with van der Waals surface area (Å²) in [6.45, 7) is 7.77. The van der Waals surface area contributed by atoms with Gasteiger partial charge in [0.1, 0.15) is 0 Å². The predicted octanol–water partition coefficient (Wildman–Crippen LogP) is 0.389. The van der Waals surface area contributed by atoms with E-state index in [2.05, 4.69) is 36.1 Å². The van der Waals surface area contributed by atoms with Crippen LogP contribution in [0.5, 0.6) is 0 Å². The molecule has 3 atom stereocenters. The van der Waals surface area contributed by atoms with Crippen LogP contribution in [0.2, 0.25) is 0 Å². The topological polar surface area (TPSA) is 27.7 Å². The monoisotopic (exact) mass is 241 g/mol. The third kappa shape index (κ3) is 3.91. The molecule has 0 saturated carbocycles. The Balaban J connectivity index is 1.72. The maximum Gasteiger partial charge on any atom is 0.0561 e. The smallest absolute Gasteiger partial charge is 0.0561 e. The average Bonchev–Trinajstić information content (AvgIpc) is 2.30. The molecule has 2 aliphatic heterocycles. The van der Waals surface area contributed by atoms with Gasteiger partial charge in [0.2, 0.25) is 0 Å². The zero-order valence-corrected chi connectivity index (χ0v) is 11.5. The van der Waals surface area contributed by atoms with E-state index in [0.717, 1.165) is 26.0 Å². The molecule has 2 heterocycles. The minimum atomic E-state index is 0.424. The number of nitrogens with zero attached hydrogens (tertiary/aromatic N) is 2. The van der Waals surface area contributed by atoms with Gasteiger partial charge in [-0.1, -0.05) is 0 Å². The number of nitrogens with one attached hydrogen (secondary N) is 1. The van der Waals surface area contributed by atoms with Gasteiger partial charge in [0.05, 0.1) is 6.10 Å². The lowest BCUT2D eigenvalue weighted by atomic mass is 10.0. The highest BCUT2D eigenvalue weighted by Gasteiger charge is 2.24. The van der Waals surface area contributed by atoms with Crippen LogP contribution in [0, 0.1) is 0 Å². The summed E-state index contributed by atoms with van der Waals surface area (Å²) in [4.78, 5) is 4.91. The number of ether oxygens (including phenoxy) is 1. The Morgan fingerprint density at radius 2 is 2.12 bits per heavy atom. The van der Waals surface area contributed by atoms with E-state index in [-0.39, 0.29) is 0 Å². The third-order valence-corrected chi connectivity index (χ3v) is 4.11. The molecule has 1 N–H and O–H groups in total. The van der Waals surface area contributed by atoms with Gasteiger partial charge >= 0.3 is 0 Å². The van der Waals surface area contributed by atoms with Gasteiger partial charge in [0.15, 0.2) is 0 Å². The molecule has 0 amide bonds. The SMILES string of the molecule is CC1CC(NCC2CN(C)CCN2C)CCO1. The first-order chi connectivity index (χ1) is 8.15. The first-order valence-corrected chi connectivity index (χ1v) is 6.89. The molecule has 4 nitrogen and oxygen atoms in total. The van der Waals surface area contributed by atoms with Crippen LogP contribution in [0.1, 0.15) is 19.8 Å². The Labute approximate surface area is 105 Å². The Bertz CT molecular complexity index is 237. The van der Waals surface area contributed by atoms with Crippen molar-refractivity contribution < 1.29 is 4.74 Å². The molecule has 0 aromatic heterocycles. The summed E-state index contributed by atoms with van der Waals surface area (Å²) in [5.74, 6) is 0. The third-order valence-electron chi connectivity index (χ3n) is 4.11. The van der Waals surface area contributed by atoms with Crippen molar-refractivity contribution in [3.63, 3.8) is 0 Å². The van der Waals surface area contributed by atoms with Crippen LogP contribution >= 0.6 is 0 Å². The van der Waals surface area contributed by atoms with Crippen molar-refractivity contribution in [3.05, 3.63) is 0 Å². The Hall–Kier alpha value is -0.160. The van der Waals surface area contributed by atoms with Gasteiger partial charge in [-0.3, -0.25) is 4.90 Å². The van der Waals surface area contributed by atoms with Crippen LogP contribution in [-0.4, -0.2) is 74.9 Å². The number of rotatable bonds is 3. The summed E-state index contributed by atoms with van der Waals surface area (Å²) in [6, 6.07) is 1.31. The zero-order chi connectivity index (χ0) is 12.3. The fraction of sp³-hybridized carbons (Fsp3) is 1.00. The molecule has 4 heteroatoms. The molecular weight excluding hydrogens is 214 g/mol. The second kappa shape index (κ2) is 6.14. The fourth-order valence-electron chi connectivity index (χ4n) is 2.81. The van der Waals surface area contributed by atoms with Crippen LogP contribution in [0.3, 0.4) is 0 Å². The Kier molecular flexibility index (Phi) is 4.79. The molecule has 0 aromatic rings. The van der Waals surface area contributed by atoms with E-state index in [1.54, 1.807) is 0 Å². The predicted molar refractivity (Wildman–Crippen MR) is 70.4 cm³/mol. The first kappa shape index (κ1) is 13.3. The molecule has 2 saturated heterocycles. The van der Waals surface area contributed by atoms with E-state index in [1.807, 2.05) is 0 Å². The second-order valence-electron chi connectivity index (χ2n) is 5.71. The molecule has 0 radical (unpaired) electrons. The highest BCUT2D eigenvalue weighted by molar-refractivity contribution is 4.83. The molecular formula is C13H27N3O. The van der Waals surface area contributed by atoms with Crippen LogP contribution < -0.4 is 5.32 Å². The van der Waals surface area contributed by atoms with Crippen molar-refractivity contribution in [3.8, 4) is 0 Å². The minimum Gasteiger partial charge on any atom is -0.378 e. The van der Waals surface area contributed by atoms with Crippen LogP contribution in [0.4, 0.5) is 0 Å². The van der Waals surface area contributed by atoms with Crippen molar-refractivity contribution in [2.75, 3.05) is 46.9 Å². The number of hydrogen-bond donors (Lipinski definition) is 1.